The maximum Gasteiger partial charge on any atom is 0.306 e. The standard InChI is InChI=1S/C20H22N2O4/c1-14-3-5-16(6-4-14)12-25-22-15(2)17-7-9-19(21-11-17)24-13-18-8-10-20(23)26-18/h3-7,9,11,18H,8,10,12-13H2,1-2H3/b22-15+. The monoisotopic (exact) mass is 354 g/mol. The molecular formula is C20H22N2O4. The second-order valence-corrected chi connectivity index (χ2v) is 6.28. The van der Waals surface area contributed by atoms with E-state index in [1.54, 1.807) is 12.3 Å². The Morgan fingerprint density at radius 1 is 1.27 bits per heavy atom. The molecule has 1 aliphatic heterocycles. The molecule has 0 bridgehead atoms. The third kappa shape index (κ3) is 5.05. The van der Waals surface area contributed by atoms with Crippen LogP contribution < -0.4 is 4.74 Å². The lowest BCUT2D eigenvalue weighted by atomic mass is 10.2. The van der Waals surface area contributed by atoms with Crippen LogP contribution in [0.15, 0.2) is 47.8 Å². The van der Waals surface area contributed by atoms with Crippen LogP contribution in [0.2, 0.25) is 0 Å². The van der Waals surface area contributed by atoms with E-state index in [9.17, 15) is 4.79 Å². The highest BCUT2D eigenvalue weighted by molar-refractivity contribution is 5.98. The van der Waals surface area contributed by atoms with E-state index >= 15 is 0 Å². The van der Waals surface area contributed by atoms with Crippen LogP contribution in [-0.2, 0) is 21.0 Å². The normalized spacial score (nSPS) is 17.1. The number of rotatable bonds is 7. The van der Waals surface area contributed by atoms with E-state index in [-0.39, 0.29) is 12.1 Å². The Kier molecular flexibility index (Phi) is 5.84. The van der Waals surface area contributed by atoms with E-state index in [2.05, 4.69) is 10.1 Å². The number of hydrogen-bond donors (Lipinski definition) is 0. The molecule has 1 aromatic carbocycles. The molecule has 0 spiro atoms. The molecule has 1 aliphatic rings. The zero-order valence-corrected chi connectivity index (χ0v) is 15.0. The Hall–Kier alpha value is -2.89. The largest absolute Gasteiger partial charge is 0.474 e. The van der Waals surface area contributed by atoms with Gasteiger partial charge in [0.25, 0.3) is 0 Å². The topological polar surface area (TPSA) is 70.0 Å². The fourth-order valence-corrected chi connectivity index (χ4v) is 2.50. The van der Waals surface area contributed by atoms with Crippen LogP contribution in [0.3, 0.4) is 0 Å². The molecule has 136 valence electrons. The highest BCUT2D eigenvalue weighted by Crippen LogP contribution is 2.16. The number of esters is 1. The quantitative estimate of drug-likeness (QED) is 0.433. The Labute approximate surface area is 152 Å². The number of ether oxygens (including phenoxy) is 2. The number of aromatic nitrogens is 1. The summed E-state index contributed by atoms with van der Waals surface area (Å²) >= 11 is 0. The first kappa shape index (κ1) is 17.9. The Morgan fingerprint density at radius 2 is 2.08 bits per heavy atom. The SMILES string of the molecule is C/C(=N\OCc1ccc(C)cc1)c1ccc(OCC2CCC(=O)O2)nc1. The zero-order chi connectivity index (χ0) is 18.4. The van der Waals surface area contributed by atoms with Crippen molar-refractivity contribution in [3.63, 3.8) is 0 Å². The highest BCUT2D eigenvalue weighted by atomic mass is 16.6. The van der Waals surface area contributed by atoms with E-state index in [1.165, 1.54) is 5.56 Å². The van der Waals surface area contributed by atoms with Crippen LogP contribution in [0.1, 0.15) is 36.5 Å². The summed E-state index contributed by atoms with van der Waals surface area (Å²) < 4.78 is 10.7. The van der Waals surface area contributed by atoms with Gasteiger partial charge in [-0.05, 0) is 31.9 Å². The van der Waals surface area contributed by atoms with Gasteiger partial charge in [-0.2, -0.15) is 0 Å². The van der Waals surface area contributed by atoms with Crippen molar-refractivity contribution >= 4 is 11.7 Å². The Balaban J connectivity index is 1.48. The fraction of sp³-hybridized carbons (Fsp3) is 0.350. The van der Waals surface area contributed by atoms with E-state index in [0.717, 1.165) is 16.8 Å². The lowest BCUT2D eigenvalue weighted by Gasteiger charge is -2.10. The number of carbonyl (C=O) groups is 1. The third-order valence-electron chi connectivity index (χ3n) is 4.09. The van der Waals surface area contributed by atoms with Gasteiger partial charge >= 0.3 is 5.97 Å². The van der Waals surface area contributed by atoms with E-state index in [1.807, 2.05) is 44.2 Å². The smallest absolute Gasteiger partial charge is 0.306 e. The van der Waals surface area contributed by atoms with E-state index in [0.29, 0.717) is 31.9 Å². The molecule has 0 amide bonds. The lowest BCUT2D eigenvalue weighted by molar-refractivity contribution is -0.142. The molecule has 6 nitrogen and oxygen atoms in total. The van der Waals surface area contributed by atoms with E-state index < -0.39 is 0 Å². The van der Waals surface area contributed by atoms with Crippen molar-refractivity contribution in [2.45, 2.75) is 39.4 Å². The molecule has 0 radical (unpaired) electrons. The van der Waals surface area contributed by atoms with Crippen LogP contribution in [-0.4, -0.2) is 29.4 Å². The summed E-state index contributed by atoms with van der Waals surface area (Å²) in [4.78, 5) is 20.7. The molecule has 0 aliphatic carbocycles. The third-order valence-corrected chi connectivity index (χ3v) is 4.09. The number of pyridine rings is 1. The number of aryl methyl sites for hydroxylation is 1. The molecule has 0 saturated carbocycles. The van der Waals surface area contributed by atoms with Crippen molar-refractivity contribution in [3.05, 3.63) is 59.3 Å². The van der Waals surface area contributed by atoms with Gasteiger partial charge < -0.3 is 14.3 Å². The molecule has 1 atom stereocenters. The Bertz CT molecular complexity index is 769. The summed E-state index contributed by atoms with van der Waals surface area (Å²) in [6, 6.07) is 11.8. The Morgan fingerprint density at radius 3 is 2.73 bits per heavy atom. The summed E-state index contributed by atoms with van der Waals surface area (Å²) in [7, 11) is 0. The minimum absolute atomic E-state index is 0.167. The van der Waals surface area contributed by atoms with Gasteiger partial charge in [0.05, 0.1) is 5.71 Å². The number of cyclic esters (lactones) is 1. The van der Waals surface area contributed by atoms with Crippen LogP contribution in [0.5, 0.6) is 5.88 Å². The molecule has 0 N–H and O–H groups in total. The minimum atomic E-state index is -0.178. The number of carbonyl (C=O) groups excluding carboxylic acids is 1. The number of oxime groups is 1. The second-order valence-electron chi connectivity index (χ2n) is 6.28. The van der Waals surface area contributed by atoms with Crippen LogP contribution in [0, 0.1) is 6.92 Å². The molecule has 26 heavy (non-hydrogen) atoms. The highest BCUT2D eigenvalue weighted by Gasteiger charge is 2.23. The fourth-order valence-electron chi connectivity index (χ4n) is 2.50. The van der Waals surface area contributed by atoms with Gasteiger partial charge in [0, 0.05) is 24.2 Å². The average Bonchev–Trinajstić information content (AvgIpc) is 3.07. The van der Waals surface area contributed by atoms with Gasteiger partial charge in [-0.1, -0.05) is 35.0 Å². The molecule has 1 fully saturated rings. The summed E-state index contributed by atoms with van der Waals surface area (Å²) in [5.41, 5.74) is 3.88. The van der Waals surface area contributed by atoms with Crippen molar-refractivity contribution < 1.29 is 19.1 Å². The van der Waals surface area contributed by atoms with Crippen LogP contribution >= 0.6 is 0 Å². The van der Waals surface area contributed by atoms with Crippen LogP contribution in [0.25, 0.3) is 0 Å². The van der Waals surface area contributed by atoms with Gasteiger partial charge in [0.1, 0.15) is 19.3 Å². The number of nitrogens with zero attached hydrogens (tertiary/aromatic N) is 2. The van der Waals surface area contributed by atoms with Gasteiger partial charge in [-0.3, -0.25) is 4.79 Å². The molecule has 1 aromatic heterocycles. The summed E-state index contributed by atoms with van der Waals surface area (Å²) in [6.07, 6.45) is 2.66. The predicted molar refractivity (Wildman–Crippen MR) is 97.0 cm³/mol. The van der Waals surface area contributed by atoms with Crippen molar-refractivity contribution in [1.82, 2.24) is 4.98 Å². The predicted octanol–water partition coefficient (Wildman–Crippen LogP) is 3.42. The number of hydrogen-bond acceptors (Lipinski definition) is 6. The van der Waals surface area contributed by atoms with Crippen molar-refractivity contribution in [3.8, 4) is 5.88 Å². The van der Waals surface area contributed by atoms with Gasteiger partial charge in [0.2, 0.25) is 5.88 Å². The maximum absolute atomic E-state index is 11.1. The van der Waals surface area contributed by atoms with Crippen molar-refractivity contribution in [1.29, 1.82) is 0 Å². The summed E-state index contributed by atoms with van der Waals surface area (Å²) in [6.45, 7) is 4.66. The van der Waals surface area contributed by atoms with Gasteiger partial charge in [0.15, 0.2) is 0 Å². The van der Waals surface area contributed by atoms with Crippen LogP contribution in [0.4, 0.5) is 0 Å². The van der Waals surface area contributed by atoms with E-state index in [4.69, 9.17) is 14.3 Å². The lowest BCUT2D eigenvalue weighted by Crippen LogP contribution is -2.17. The molecular weight excluding hydrogens is 332 g/mol. The first-order valence-corrected chi connectivity index (χ1v) is 8.61. The minimum Gasteiger partial charge on any atom is -0.474 e. The van der Waals surface area contributed by atoms with Crippen molar-refractivity contribution in [2.24, 2.45) is 5.16 Å². The maximum atomic E-state index is 11.1. The zero-order valence-electron chi connectivity index (χ0n) is 15.0. The summed E-state index contributed by atoms with van der Waals surface area (Å²) in [5.74, 6) is 0.324. The average molecular weight is 354 g/mol. The number of benzene rings is 1. The second kappa shape index (κ2) is 8.47. The van der Waals surface area contributed by atoms with Gasteiger partial charge in [-0.15, -0.1) is 0 Å². The first-order chi connectivity index (χ1) is 12.6. The first-order valence-electron chi connectivity index (χ1n) is 8.61. The summed E-state index contributed by atoms with van der Waals surface area (Å²) in [5, 5.41) is 4.14. The molecule has 3 rings (SSSR count). The molecule has 2 heterocycles. The molecule has 1 unspecified atom stereocenters. The van der Waals surface area contributed by atoms with Crippen molar-refractivity contribution in [2.75, 3.05) is 6.61 Å². The van der Waals surface area contributed by atoms with Gasteiger partial charge in [-0.25, -0.2) is 4.98 Å². The molecule has 1 saturated heterocycles. The molecule has 2 aromatic rings. The molecule has 6 heteroatoms.